The molecule has 4 nitrogen and oxygen atoms in total. The first-order valence-corrected chi connectivity index (χ1v) is 9.73. The summed E-state index contributed by atoms with van der Waals surface area (Å²) < 4.78 is 0. The summed E-state index contributed by atoms with van der Waals surface area (Å²) in [6, 6.07) is 14.6. The van der Waals surface area contributed by atoms with Gasteiger partial charge in [-0.2, -0.15) is 0 Å². The Labute approximate surface area is 160 Å². The van der Waals surface area contributed by atoms with Gasteiger partial charge in [0.25, 0.3) is 0 Å². The average molecular weight is 370 g/mol. The predicted octanol–water partition coefficient (Wildman–Crippen LogP) is 3.97. The topological polar surface area (TPSA) is 26.8 Å². The summed E-state index contributed by atoms with van der Waals surface area (Å²) in [6.07, 6.45) is 1.51. The van der Waals surface area contributed by atoms with E-state index >= 15 is 0 Å². The molecular formula is C21H24ClN3O. The number of nitrogens with zero attached hydrogens (tertiary/aromatic N) is 3. The maximum atomic E-state index is 12.1. The molecule has 2 aliphatic rings. The Morgan fingerprint density at radius 2 is 1.69 bits per heavy atom. The third kappa shape index (κ3) is 3.14. The Balaban J connectivity index is 1.46. The molecule has 0 unspecified atom stereocenters. The molecule has 2 heterocycles. The minimum Gasteiger partial charge on any atom is -0.368 e. The smallest absolute Gasteiger partial charge is 0.226 e. The van der Waals surface area contributed by atoms with Crippen molar-refractivity contribution < 1.29 is 4.79 Å². The summed E-state index contributed by atoms with van der Waals surface area (Å²) in [5, 5.41) is 0.819. The molecule has 0 atom stereocenters. The fraction of sp³-hybridized carbons (Fsp3) is 0.381. The molecule has 5 heteroatoms. The largest absolute Gasteiger partial charge is 0.368 e. The molecular weight excluding hydrogens is 346 g/mol. The van der Waals surface area contributed by atoms with Crippen molar-refractivity contribution in [2.75, 3.05) is 47.4 Å². The maximum Gasteiger partial charge on any atom is 0.226 e. The Morgan fingerprint density at radius 1 is 0.962 bits per heavy atom. The van der Waals surface area contributed by atoms with Gasteiger partial charge in [-0.15, -0.1) is 0 Å². The van der Waals surface area contributed by atoms with Crippen LogP contribution in [-0.4, -0.2) is 38.6 Å². The van der Waals surface area contributed by atoms with Crippen molar-refractivity contribution in [3.8, 4) is 0 Å². The van der Waals surface area contributed by atoms with Crippen molar-refractivity contribution in [3.05, 3.63) is 53.1 Å². The molecule has 136 valence electrons. The van der Waals surface area contributed by atoms with Crippen LogP contribution in [-0.2, 0) is 11.2 Å². The number of piperazine rings is 1. The lowest BCUT2D eigenvalue weighted by Gasteiger charge is -2.38. The Morgan fingerprint density at radius 3 is 2.42 bits per heavy atom. The van der Waals surface area contributed by atoms with Gasteiger partial charge < -0.3 is 14.7 Å². The second-order valence-corrected chi connectivity index (χ2v) is 7.29. The third-order valence-electron chi connectivity index (χ3n) is 5.40. The Kier molecular flexibility index (Phi) is 4.77. The highest BCUT2D eigenvalue weighted by atomic mass is 35.5. The first kappa shape index (κ1) is 17.2. The van der Waals surface area contributed by atoms with Gasteiger partial charge in [0.2, 0.25) is 5.91 Å². The van der Waals surface area contributed by atoms with Crippen LogP contribution >= 0.6 is 11.6 Å². The highest BCUT2D eigenvalue weighted by Gasteiger charge is 2.25. The molecule has 0 saturated carbocycles. The van der Waals surface area contributed by atoms with Crippen LogP contribution in [0.25, 0.3) is 0 Å². The van der Waals surface area contributed by atoms with E-state index in [1.807, 2.05) is 30.0 Å². The summed E-state index contributed by atoms with van der Waals surface area (Å²) in [6.45, 7) is 6.60. The van der Waals surface area contributed by atoms with Crippen molar-refractivity contribution >= 4 is 34.6 Å². The molecule has 4 rings (SSSR count). The van der Waals surface area contributed by atoms with Gasteiger partial charge in [0, 0.05) is 50.5 Å². The van der Waals surface area contributed by atoms with E-state index in [0.29, 0.717) is 6.42 Å². The quantitative estimate of drug-likeness (QED) is 0.819. The van der Waals surface area contributed by atoms with Gasteiger partial charge in [-0.3, -0.25) is 4.79 Å². The number of halogens is 1. The Hall–Kier alpha value is -2.20. The van der Waals surface area contributed by atoms with Gasteiger partial charge in [-0.25, -0.2) is 0 Å². The number of fused-ring (bicyclic) bond motifs is 1. The summed E-state index contributed by atoms with van der Waals surface area (Å²) in [5.74, 6) is 0.213. The van der Waals surface area contributed by atoms with Crippen molar-refractivity contribution in [1.82, 2.24) is 0 Å². The van der Waals surface area contributed by atoms with Crippen LogP contribution in [0, 0.1) is 0 Å². The molecule has 0 radical (unpaired) electrons. The molecule has 0 spiro atoms. The zero-order chi connectivity index (χ0) is 18.1. The van der Waals surface area contributed by atoms with E-state index in [-0.39, 0.29) is 5.91 Å². The monoisotopic (exact) mass is 369 g/mol. The van der Waals surface area contributed by atoms with E-state index in [0.717, 1.165) is 55.5 Å². The van der Waals surface area contributed by atoms with E-state index in [2.05, 4.69) is 34.1 Å². The van der Waals surface area contributed by atoms with Crippen LogP contribution in [0.2, 0.25) is 5.02 Å². The Bertz CT molecular complexity index is 815. The molecule has 26 heavy (non-hydrogen) atoms. The number of para-hydroxylation sites is 1. The fourth-order valence-corrected chi connectivity index (χ4v) is 4.20. The summed E-state index contributed by atoms with van der Waals surface area (Å²) in [4.78, 5) is 18.8. The number of carbonyl (C=O) groups is 1. The zero-order valence-corrected chi connectivity index (χ0v) is 15.9. The average Bonchev–Trinajstić information content (AvgIpc) is 3.11. The fourth-order valence-electron chi connectivity index (χ4n) is 3.95. The first-order chi connectivity index (χ1) is 12.7. The van der Waals surface area contributed by atoms with Gasteiger partial charge in [-0.05, 0) is 42.3 Å². The van der Waals surface area contributed by atoms with Crippen molar-refractivity contribution in [3.63, 3.8) is 0 Å². The molecule has 2 aromatic rings. The van der Waals surface area contributed by atoms with Gasteiger partial charge in [0.05, 0.1) is 10.7 Å². The number of amides is 1. The van der Waals surface area contributed by atoms with Crippen LogP contribution in [0.1, 0.15) is 18.9 Å². The zero-order valence-electron chi connectivity index (χ0n) is 15.1. The van der Waals surface area contributed by atoms with Crippen LogP contribution in [0.4, 0.5) is 17.1 Å². The van der Waals surface area contributed by atoms with Gasteiger partial charge in [0.1, 0.15) is 0 Å². The second kappa shape index (κ2) is 7.20. The van der Waals surface area contributed by atoms with Crippen molar-refractivity contribution in [2.24, 2.45) is 0 Å². The van der Waals surface area contributed by atoms with Gasteiger partial charge in [0.15, 0.2) is 0 Å². The van der Waals surface area contributed by atoms with E-state index in [1.54, 1.807) is 0 Å². The number of rotatable bonds is 3. The molecule has 1 fully saturated rings. The normalized spacial score (nSPS) is 16.8. The first-order valence-electron chi connectivity index (χ1n) is 9.35. The molecule has 2 aliphatic heterocycles. The third-order valence-corrected chi connectivity index (χ3v) is 5.72. The van der Waals surface area contributed by atoms with E-state index in [1.165, 1.54) is 11.3 Å². The van der Waals surface area contributed by atoms with Crippen molar-refractivity contribution in [1.29, 1.82) is 0 Å². The number of carbonyl (C=O) groups excluding carboxylic acids is 1. The summed E-state index contributed by atoms with van der Waals surface area (Å²) >= 11 is 6.34. The van der Waals surface area contributed by atoms with Crippen LogP contribution < -0.4 is 14.7 Å². The maximum absolute atomic E-state index is 12.1. The molecule has 0 aromatic heterocycles. The van der Waals surface area contributed by atoms with Crippen LogP contribution in [0.15, 0.2) is 42.5 Å². The predicted molar refractivity (Wildman–Crippen MR) is 109 cm³/mol. The molecule has 1 amide bonds. The minimum atomic E-state index is 0.213. The number of hydrogen-bond donors (Lipinski definition) is 0. The lowest BCUT2D eigenvalue weighted by Crippen LogP contribution is -2.46. The minimum absolute atomic E-state index is 0.213. The lowest BCUT2D eigenvalue weighted by molar-refractivity contribution is -0.118. The molecule has 0 N–H and O–H groups in total. The standard InChI is InChI=1S/C21H24ClN3O/c1-2-21(26)25-10-9-16-15-17(7-8-19(16)25)23-11-13-24(14-12-23)20-6-4-3-5-18(20)22/h3-8,15H,2,9-14H2,1H3. The van der Waals surface area contributed by atoms with E-state index in [9.17, 15) is 4.79 Å². The highest BCUT2D eigenvalue weighted by Crippen LogP contribution is 2.33. The summed E-state index contributed by atoms with van der Waals surface area (Å²) in [5.41, 5.74) is 4.76. The molecule has 0 aliphatic carbocycles. The van der Waals surface area contributed by atoms with Crippen LogP contribution in [0.3, 0.4) is 0 Å². The number of hydrogen-bond acceptors (Lipinski definition) is 3. The molecule has 1 saturated heterocycles. The second-order valence-electron chi connectivity index (χ2n) is 6.89. The molecule has 0 bridgehead atoms. The SMILES string of the molecule is CCC(=O)N1CCc2cc(N3CCN(c4ccccc4Cl)CC3)ccc21. The number of benzene rings is 2. The van der Waals surface area contributed by atoms with Crippen molar-refractivity contribution in [2.45, 2.75) is 19.8 Å². The van der Waals surface area contributed by atoms with Gasteiger partial charge >= 0.3 is 0 Å². The number of anilines is 3. The van der Waals surface area contributed by atoms with Crippen LogP contribution in [0.5, 0.6) is 0 Å². The van der Waals surface area contributed by atoms with Gasteiger partial charge in [-0.1, -0.05) is 30.7 Å². The lowest BCUT2D eigenvalue weighted by atomic mass is 10.1. The van der Waals surface area contributed by atoms with E-state index < -0.39 is 0 Å². The molecule has 2 aromatic carbocycles. The highest BCUT2D eigenvalue weighted by molar-refractivity contribution is 6.33. The van der Waals surface area contributed by atoms with E-state index in [4.69, 9.17) is 11.6 Å². The summed E-state index contributed by atoms with van der Waals surface area (Å²) in [7, 11) is 0.